The predicted octanol–water partition coefficient (Wildman–Crippen LogP) is 4.53. The van der Waals surface area contributed by atoms with Gasteiger partial charge in [0, 0.05) is 10.1 Å². The van der Waals surface area contributed by atoms with E-state index >= 15 is 0 Å². The lowest BCUT2D eigenvalue weighted by molar-refractivity contribution is 0.0647. The summed E-state index contributed by atoms with van der Waals surface area (Å²) in [7, 11) is 0. The van der Waals surface area contributed by atoms with E-state index < -0.39 is 11.9 Å². The summed E-state index contributed by atoms with van der Waals surface area (Å²) < 4.78 is 6.57. The Kier molecular flexibility index (Phi) is 4.42. The summed E-state index contributed by atoms with van der Waals surface area (Å²) in [6, 6.07) is 11.7. The third-order valence-corrected chi connectivity index (χ3v) is 5.12. The van der Waals surface area contributed by atoms with Gasteiger partial charge in [-0.15, -0.1) is 11.3 Å². The molecule has 7 heteroatoms. The molecule has 0 aliphatic heterocycles. The van der Waals surface area contributed by atoms with Crippen LogP contribution >= 0.6 is 22.9 Å². The molecule has 0 radical (unpaired) electrons. The molecular weight excluding hydrogens is 352 g/mol. The van der Waals surface area contributed by atoms with Crippen molar-refractivity contribution in [3.8, 4) is 5.75 Å². The lowest BCUT2D eigenvalue weighted by atomic mass is 10.1. The van der Waals surface area contributed by atoms with Gasteiger partial charge >= 0.3 is 11.9 Å². The van der Waals surface area contributed by atoms with Gasteiger partial charge in [-0.2, -0.15) is 0 Å². The van der Waals surface area contributed by atoms with Crippen molar-refractivity contribution in [3.63, 3.8) is 0 Å². The zero-order valence-electron chi connectivity index (χ0n) is 12.2. The third-order valence-electron chi connectivity index (χ3n) is 3.43. The van der Waals surface area contributed by atoms with Crippen LogP contribution in [-0.2, 0) is 6.61 Å². The quantitative estimate of drug-likeness (QED) is 0.696. The maximum Gasteiger partial charge on any atom is 0.340 e. The van der Waals surface area contributed by atoms with Crippen molar-refractivity contribution >= 4 is 45.0 Å². The minimum atomic E-state index is -1.36. The Morgan fingerprint density at radius 2 is 1.79 bits per heavy atom. The normalized spacial score (nSPS) is 10.7. The number of hydrogen-bond donors (Lipinski definition) is 2. The van der Waals surface area contributed by atoms with Crippen LogP contribution in [0, 0.1) is 0 Å². The molecule has 0 saturated heterocycles. The topological polar surface area (TPSA) is 83.8 Å². The highest BCUT2D eigenvalue weighted by molar-refractivity contribution is 7.19. The highest BCUT2D eigenvalue weighted by Gasteiger charge is 2.21. The highest BCUT2D eigenvalue weighted by atomic mass is 35.5. The van der Waals surface area contributed by atoms with Gasteiger partial charge in [-0.3, -0.25) is 0 Å². The minimum absolute atomic E-state index is 0.00378. The lowest BCUT2D eigenvalue weighted by Crippen LogP contribution is -2.10. The number of halogens is 1. The van der Waals surface area contributed by atoms with Crippen molar-refractivity contribution in [2.24, 2.45) is 0 Å². The molecule has 3 aromatic rings. The van der Waals surface area contributed by atoms with E-state index in [1.807, 2.05) is 24.3 Å². The zero-order chi connectivity index (χ0) is 17.3. The summed E-state index contributed by atoms with van der Waals surface area (Å²) in [5.74, 6) is -2.68. The first kappa shape index (κ1) is 16.3. The van der Waals surface area contributed by atoms with Gasteiger partial charge in [0.15, 0.2) is 0 Å². The molecule has 2 N–H and O–H groups in total. The van der Waals surface area contributed by atoms with E-state index in [0.717, 1.165) is 15.0 Å². The van der Waals surface area contributed by atoms with Crippen molar-refractivity contribution in [3.05, 3.63) is 63.5 Å². The Balaban J connectivity index is 1.94. The van der Waals surface area contributed by atoms with Crippen LogP contribution in [0.4, 0.5) is 0 Å². The zero-order valence-corrected chi connectivity index (χ0v) is 13.7. The SMILES string of the molecule is O=C(O)c1cccc(OCc2sc3ccccc3c2Cl)c1C(=O)O. The second-order valence-electron chi connectivity index (χ2n) is 4.91. The molecule has 0 saturated carbocycles. The molecule has 24 heavy (non-hydrogen) atoms. The predicted molar refractivity (Wildman–Crippen MR) is 91.5 cm³/mol. The van der Waals surface area contributed by atoms with Crippen LogP contribution in [0.5, 0.6) is 5.75 Å². The van der Waals surface area contributed by atoms with E-state index in [1.165, 1.54) is 29.5 Å². The average molecular weight is 363 g/mol. The van der Waals surface area contributed by atoms with E-state index in [0.29, 0.717) is 5.02 Å². The lowest BCUT2D eigenvalue weighted by Gasteiger charge is -2.10. The first-order valence-electron chi connectivity index (χ1n) is 6.87. The number of carbonyl (C=O) groups is 2. The maximum atomic E-state index is 11.4. The number of aromatic carboxylic acids is 2. The van der Waals surface area contributed by atoms with E-state index in [9.17, 15) is 14.7 Å². The Bertz CT molecular complexity index is 947. The Hall–Kier alpha value is -2.57. The summed E-state index contributed by atoms with van der Waals surface area (Å²) >= 11 is 7.77. The molecule has 0 atom stereocenters. The van der Waals surface area contributed by atoms with Crippen LogP contribution in [0.25, 0.3) is 10.1 Å². The molecular formula is C17H11ClO5S. The minimum Gasteiger partial charge on any atom is -0.487 e. The van der Waals surface area contributed by atoms with Crippen molar-refractivity contribution < 1.29 is 24.5 Å². The van der Waals surface area contributed by atoms with Gasteiger partial charge in [0.1, 0.15) is 17.9 Å². The van der Waals surface area contributed by atoms with Crippen LogP contribution < -0.4 is 4.74 Å². The van der Waals surface area contributed by atoms with Crippen molar-refractivity contribution in [1.82, 2.24) is 0 Å². The van der Waals surface area contributed by atoms with Gasteiger partial charge in [0.05, 0.1) is 15.5 Å². The number of benzene rings is 2. The molecule has 1 heterocycles. The van der Waals surface area contributed by atoms with Crippen LogP contribution in [-0.4, -0.2) is 22.2 Å². The number of rotatable bonds is 5. The number of carboxylic acids is 2. The number of thiophene rings is 1. The second-order valence-corrected chi connectivity index (χ2v) is 6.43. The van der Waals surface area contributed by atoms with E-state index in [-0.39, 0.29) is 23.5 Å². The van der Waals surface area contributed by atoms with Gasteiger partial charge < -0.3 is 14.9 Å². The van der Waals surface area contributed by atoms with Crippen molar-refractivity contribution in [1.29, 1.82) is 0 Å². The summed E-state index contributed by atoms with van der Waals surface area (Å²) in [6.07, 6.45) is 0. The maximum absolute atomic E-state index is 11.4. The van der Waals surface area contributed by atoms with E-state index in [4.69, 9.17) is 21.4 Å². The molecule has 0 spiro atoms. The van der Waals surface area contributed by atoms with Crippen LogP contribution in [0.2, 0.25) is 5.02 Å². The van der Waals surface area contributed by atoms with Gasteiger partial charge in [-0.1, -0.05) is 35.9 Å². The fraction of sp³-hybridized carbons (Fsp3) is 0.0588. The summed E-state index contributed by atoms with van der Waals surface area (Å²) in [6.45, 7) is 0.0571. The fourth-order valence-corrected chi connectivity index (χ4v) is 3.75. The summed E-state index contributed by atoms with van der Waals surface area (Å²) in [5, 5.41) is 19.9. The average Bonchev–Trinajstić information content (AvgIpc) is 2.89. The largest absolute Gasteiger partial charge is 0.487 e. The Morgan fingerprint density at radius 3 is 2.46 bits per heavy atom. The van der Waals surface area contributed by atoms with Crippen molar-refractivity contribution in [2.45, 2.75) is 6.61 Å². The standard InChI is InChI=1S/C17H11ClO5S/c18-15-9-4-1-2-7-12(9)24-13(15)8-23-11-6-3-5-10(16(19)20)14(11)17(21)22/h1-7H,8H2,(H,19,20)(H,21,22). The molecule has 0 aliphatic rings. The fourth-order valence-electron chi connectivity index (χ4n) is 2.35. The van der Waals surface area contributed by atoms with Crippen LogP contribution in [0.15, 0.2) is 42.5 Å². The molecule has 0 bridgehead atoms. The van der Waals surface area contributed by atoms with E-state index in [1.54, 1.807) is 0 Å². The Morgan fingerprint density at radius 1 is 1.04 bits per heavy atom. The number of hydrogen-bond acceptors (Lipinski definition) is 4. The molecule has 122 valence electrons. The Labute approximate surface area is 145 Å². The highest BCUT2D eigenvalue weighted by Crippen LogP contribution is 2.36. The molecule has 0 amide bonds. The summed E-state index contributed by atoms with van der Waals surface area (Å²) in [4.78, 5) is 23.3. The molecule has 3 rings (SSSR count). The van der Waals surface area contributed by atoms with Gasteiger partial charge in [-0.05, 0) is 18.2 Å². The van der Waals surface area contributed by atoms with Crippen LogP contribution in [0.3, 0.4) is 0 Å². The smallest absolute Gasteiger partial charge is 0.340 e. The van der Waals surface area contributed by atoms with Crippen LogP contribution in [0.1, 0.15) is 25.6 Å². The molecule has 5 nitrogen and oxygen atoms in total. The third kappa shape index (κ3) is 2.93. The number of carboxylic acid groups (broad SMARTS) is 2. The summed E-state index contributed by atoms with van der Waals surface area (Å²) in [5.41, 5.74) is -0.690. The van der Waals surface area contributed by atoms with Gasteiger partial charge in [0.2, 0.25) is 0 Å². The van der Waals surface area contributed by atoms with E-state index in [2.05, 4.69) is 0 Å². The number of fused-ring (bicyclic) bond motifs is 1. The molecule has 2 aromatic carbocycles. The monoisotopic (exact) mass is 362 g/mol. The molecule has 0 fully saturated rings. The first-order valence-corrected chi connectivity index (χ1v) is 8.06. The first-order chi connectivity index (χ1) is 11.5. The number of ether oxygens (including phenoxy) is 1. The second kappa shape index (κ2) is 6.51. The van der Waals surface area contributed by atoms with Crippen molar-refractivity contribution in [2.75, 3.05) is 0 Å². The molecule has 0 unspecified atom stereocenters. The molecule has 0 aliphatic carbocycles. The van der Waals surface area contributed by atoms with Gasteiger partial charge in [-0.25, -0.2) is 9.59 Å². The van der Waals surface area contributed by atoms with Gasteiger partial charge in [0.25, 0.3) is 0 Å². The molecule has 1 aromatic heterocycles.